The summed E-state index contributed by atoms with van der Waals surface area (Å²) in [5.41, 5.74) is -0.390. The number of hydrogen-bond acceptors (Lipinski definition) is 3. The highest BCUT2D eigenvalue weighted by atomic mass is 19.1. The standard InChI is InChI=1S/C15H17FN2O4/c1-17-13(19)10-3-2-6-18(8-10)14(20)11-5-4-9(15(21)22)7-12(11)16/h4-5,7,10H,2-3,6,8H2,1H3,(H,17,19)(H,21,22). The molecule has 0 radical (unpaired) electrons. The quantitative estimate of drug-likeness (QED) is 0.876. The van der Waals surface area contributed by atoms with Crippen molar-refractivity contribution in [1.82, 2.24) is 10.2 Å². The van der Waals surface area contributed by atoms with E-state index < -0.39 is 17.7 Å². The molecule has 1 aromatic rings. The maximum absolute atomic E-state index is 13.9. The smallest absolute Gasteiger partial charge is 0.335 e. The van der Waals surface area contributed by atoms with Crippen molar-refractivity contribution >= 4 is 17.8 Å². The molecule has 22 heavy (non-hydrogen) atoms. The molecule has 2 N–H and O–H groups in total. The molecule has 1 unspecified atom stereocenters. The molecule has 7 heteroatoms. The average molecular weight is 308 g/mol. The molecule has 118 valence electrons. The van der Waals surface area contributed by atoms with Crippen LogP contribution < -0.4 is 5.32 Å². The Labute approximate surface area is 126 Å². The van der Waals surface area contributed by atoms with Gasteiger partial charge in [-0.1, -0.05) is 0 Å². The molecule has 2 rings (SSSR count). The van der Waals surface area contributed by atoms with Crippen molar-refractivity contribution in [2.75, 3.05) is 20.1 Å². The first-order valence-corrected chi connectivity index (χ1v) is 6.97. The van der Waals surface area contributed by atoms with Crippen LogP contribution in [0.4, 0.5) is 4.39 Å². The molecule has 0 saturated carbocycles. The number of benzene rings is 1. The number of carboxylic acid groups (broad SMARTS) is 1. The summed E-state index contributed by atoms with van der Waals surface area (Å²) in [5.74, 6) is -3.09. The highest BCUT2D eigenvalue weighted by Crippen LogP contribution is 2.20. The first-order valence-electron chi connectivity index (χ1n) is 6.97. The fraction of sp³-hybridized carbons (Fsp3) is 0.400. The monoisotopic (exact) mass is 308 g/mol. The summed E-state index contributed by atoms with van der Waals surface area (Å²) in [5, 5.41) is 11.4. The number of rotatable bonds is 3. The van der Waals surface area contributed by atoms with Gasteiger partial charge in [0.15, 0.2) is 0 Å². The molecule has 1 saturated heterocycles. The van der Waals surface area contributed by atoms with Crippen molar-refractivity contribution in [3.8, 4) is 0 Å². The van der Waals surface area contributed by atoms with Crippen molar-refractivity contribution in [3.63, 3.8) is 0 Å². The van der Waals surface area contributed by atoms with Gasteiger partial charge in [-0.25, -0.2) is 9.18 Å². The minimum absolute atomic E-state index is 0.140. The van der Waals surface area contributed by atoms with Crippen LogP contribution in [0.2, 0.25) is 0 Å². The predicted molar refractivity (Wildman–Crippen MR) is 76.1 cm³/mol. The van der Waals surface area contributed by atoms with Crippen LogP contribution in [0.5, 0.6) is 0 Å². The van der Waals surface area contributed by atoms with Gasteiger partial charge in [0, 0.05) is 20.1 Å². The van der Waals surface area contributed by atoms with Gasteiger partial charge in [-0.2, -0.15) is 0 Å². The second-order valence-electron chi connectivity index (χ2n) is 5.20. The molecule has 1 aromatic carbocycles. The van der Waals surface area contributed by atoms with E-state index in [1.54, 1.807) is 0 Å². The molecular weight excluding hydrogens is 291 g/mol. The molecule has 6 nitrogen and oxygen atoms in total. The molecule has 1 fully saturated rings. The van der Waals surface area contributed by atoms with Crippen LogP contribution in [0.25, 0.3) is 0 Å². The van der Waals surface area contributed by atoms with Crippen LogP contribution in [-0.2, 0) is 4.79 Å². The van der Waals surface area contributed by atoms with E-state index in [9.17, 15) is 18.8 Å². The van der Waals surface area contributed by atoms with Crippen molar-refractivity contribution in [2.24, 2.45) is 5.92 Å². The summed E-state index contributed by atoms with van der Waals surface area (Å²) in [6.45, 7) is 0.686. The topological polar surface area (TPSA) is 86.7 Å². The van der Waals surface area contributed by atoms with E-state index in [2.05, 4.69) is 5.32 Å². The Bertz CT molecular complexity index is 618. The van der Waals surface area contributed by atoms with E-state index in [-0.39, 0.29) is 29.5 Å². The summed E-state index contributed by atoms with van der Waals surface area (Å²) in [6, 6.07) is 3.19. The summed E-state index contributed by atoms with van der Waals surface area (Å²) in [7, 11) is 1.54. The highest BCUT2D eigenvalue weighted by Gasteiger charge is 2.29. The Morgan fingerprint density at radius 3 is 2.68 bits per heavy atom. The lowest BCUT2D eigenvalue weighted by Gasteiger charge is -2.32. The zero-order valence-corrected chi connectivity index (χ0v) is 12.1. The fourth-order valence-electron chi connectivity index (χ4n) is 2.57. The van der Waals surface area contributed by atoms with E-state index in [4.69, 9.17) is 5.11 Å². The predicted octanol–water partition coefficient (Wildman–Crippen LogP) is 1.12. The van der Waals surface area contributed by atoms with E-state index >= 15 is 0 Å². The SMILES string of the molecule is CNC(=O)C1CCCN(C(=O)c2ccc(C(=O)O)cc2F)C1. The van der Waals surface area contributed by atoms with Crippen LogP contribution in [0.1, 0.15) is 33.6 Å². The number of nitrogens with one attached hydrogen (secondary N) is 1. The Kier molecular flexibility index (Phi) is 4.75. The number of piperidine rings is 1. The van der Waals surface area contributed by atoms with E-state index in [0.29, 0.717) is 19.4 Å². The van der Waals surface area contributed by atoms with Gasteiger partial charge in [0.2, 0.25) is 5.91 Å². The van der Waals surface area contributed by atoms with Crippen molar-refractivity contribution in [3.05, 3.63) is 35.1 Å². The van der Waals surface area contributed by atoms with Crippen molar-refractivity contribution < 1.29 is 23.9 Å². The third kappa shape index (κ3) is 3.24. The minimum Gasteiger partial charge on any atom is -0.478 e. The first-order chi connectivity index (χ1) is 10.4. The van der Waals surface area contributed by atoms with Crippen LogP contribution >= 0.6 is 0 Å². The molecule has 1 heterocycles. The number of halogens is 1. The Morgan fingerprint density at radius 2 is 2.09 bits per heavy atom. The molecule has 2 amide bonds. The summed E-state index contributed by atoms with van der Waals surface area (Å²) in [4.78, 5) is 36.2. The summed E-state index contributed by atoms with van der Waals surface area (Å²) < 4.78 is 13.9. The van der Waals surface area contributed by atoms with Gasteiger partial charge in [0.25, 0.3) is 5.91 Å². The summed E-state index contributed by atoms with van der Waals surface area (Å²) >= 11 is 0. The van der Waals surface area contributed by atoms with Crippen LogP contribution in [0.3, 0.4) is 0 Å². The zero-order valence-electron chi connectivity index (χ0n) is 12.1. The normalized spacial score (nSPS) is 17.9. The lowest BCUT2D eigenvalue weighted by Crippen LogP contribution is -2.45. The first kappa shape index (κ1) is 15.9. The number of carboxylic acids is 1. The van der Waals surface area contributed by atoms with Gasteiger partial charge in [-0.15, -0.1) is 0 Å². The second-order valence-corrected chi connectivity index (χ2v) is 5.20. The lowest BCUT2D eigenvalue weighted by atomic mass is 9.96. The number of likely N-dealkylation sites (tertiary alicyclic amines) is 1. The molecular formula is C15H17FN2O4. The molecule has 0 aliphatic carbocycles. The van der Waals surface area contributed by atoms with Crippen molar-refractivity contribution in [2.45, 2.75) is 12.8 Å². The minimum atomic E-state index is -1.25. The van der Waals surface area contributed by atoms with Crippen LogP contribution in [0.15, 0.2) is 18.2 Å². The zero-order chi connectivity index (χ0) is 16.3. The molecule has 1 aliphatic heterocycles. The molecule has 1 aliphatic rings. The van der Waals surface area contributed by atoms with Gasteiger partial charge in [0.1, 0.15) is 5.82 Å². The van der Waals surface area contributed by atoms with Gasteiger partial charge in [-0.05, 0) is 31.0 Å². The Balaban J connectivity index is 2.17. The Morgan fingerprint density at radius 1 is 1.36 bits per heavy atom. The average Bonchev–Trinajstić information content (AvgIpc) is 2.53. The number of carbonyl (C=O) groups is 3. The fourth-order valence-corrected chi connectivity index (χ4v) is 2.57. The van der Waals surface area contributed by atoms with Crippen LogP contribution in [0, 0.1) is 11.7 Å². The van der Waals surface area contributed by atoms with Gasteiger partial charge >= 0.3 is 5.97 Å². The molecule has 0 spiro atoms. The van der Waals surface area contributed by atoms with Crippen molar-refractivity contribution in [1.29, 1.82) is 0 Å². The number of aromatic carboxylic acids is 1. The van der Waals surface area contributed by atoms with E-state index in [1.807, 2.05) is 0 Å². The maximum atomic E-state index is 13.9. The molecule has 0 aromatic heterocycles. The lowest BCUT2D eigenvalue weighted by molar-refractivity contribution is -0.125. The number of carbonyl (C=O) groups excluding carboxylic acids is 2. The largest absolute Gasteiger partial charge is 0.478 e. The van der Waals surface area contributed by atoms with E-state index in [0.717, 1.165) is 6.07 Å². The Hall–Kier alpha value is -2.44. The van der Waals surface area contributed by atoms with Crippen LogP contribution in [-0.4, -0.2) is 47.9 Å². The number of nitrogens with zero attached hydrogens (tertiary/aromatic N) is 1. The maximum Gasteiger partial charge on any atom is 0.335 e. The molecule has 1 atom stereocenters. The second kappa shape index (κ2) is 6.55. The third-order valence-corrected chi connectivity index (χ3v) is 3.77. The van der Waals surface area contributed by atoms with Gasteiger partial charge in [0.05, 0.1) is 17.0 Å². The molecule has 0 bridgehead atoms. The third-order valence-electron chi connectivity index (χ3n) is 3.77. The summed E-state index contributed by atoms with van der Waals surface area (Å²) in [6.07, 6.45) is 1.35. The van der Waals surface area contributed by atoms with Gasteiger partial charge in [-0.3, -0.25) is 9.59 Å². The van der Waals surface area contributed by atoms with E-state index in [1.165, 1.54) is 24.1 Å². The number of hydrogen-bond donors (Lipinski definition) is 2. The van der Waals surface area contributed by atoms with Gasteiger partial charge < -0.3 is 15.3 Å². The highest BCUT2D eigenvalue weighted by molar-refractivity contribution is 5.96. The number of amides is 2.